The van der Waals surface area contributed by atoms with E-state index >= 15 is 0 Å². The fourth-order valence-electron chi connectivity index (χ4n) is 4.80. The molecule has 0 radical (unpaired) electrons. The highest BCUT2D eigenvalue weighted by molar-refractivity contribution is 7.51. The van der Waals surface area contributed by atoms with Gasteiger partial charge in [-0.3, -0.25) is 18.9 Å². The Morgan fingerprint density at radius 1 is 0.795 bits per heavy atom. The van der Waals surface area contributed by atoms with E-state index in [4.69, 9.17) is 5.73 Å². The number of benzene rings is 2. The highest BCUT2D eigenvalue weighted by Crippen LogP contribution is 2.44. The standard InChI is InChI=1S/C24H39N3O10P2/c25-12-6-5-11-24(16-29,27(18-39(35,36)37)14-20-8-2-4-10-22(20)31)23(15-28)26(17-38(32,33)34)13-19-7-1-3-9-21(19)30/h1-4,7-10,23,28-31H,5-6,11-18,25H2,(H2,32,33,34)(H2,35,36,37). The molecule has 220 valence electrons. The highest BCUT2D eigenvalue weighted by atomic mass is 31.2. The number of aliphatic hydroxyl groups is 2. The number of aromatic hydroxyl groups is 2. The Kier molecular flexibility index (Phi) is 12.6. The van der Waals surface area contributed by atoms with Crippen molar-refractivity contribution in [1.29, 1.82) is 0 Å². The lowest BCUT2D eigenvalue weighted by molar-refractivity contribution is -0.0634. The van der Waals surface area contributed by atoms with Gasteiger partial charge in [-0.05, 0) is 31.5 Å². The Morgan fingerprint density at radius 2 is 1.31 bits per heavy atom. The van der Waals surface area contributed by atoms with E-state index in [0.29, 0.717) is 12.8 Å². The van der Waals surface area contributed by atoms with E-state index in [1.807, 2.05) is 0 Å². The van der Waals surface area contributed by atoms with Gasteiger partial charge in [0.15, 0.2) is 0 Å². The number of nitrogens with two attached hydrogens (primary N) is 1. The van der Waals surface area contributed by atoms with Crippen molar-refractivity contribution in [2.75, 3.05) is 32.3 Å². The quantitative estimate of drug-likeness (QED) is 0.0921. The third kappa shape index (κ3) is 9.93. The van der Waals surface area contributed by atoms with Gasteiger partial charge < -0.3 is 45.7 Å². The molecule has 13 nitrogen and oxygen atoms in total. The number of phenolic OH excluding ortho intramolecular Hbond substituents is 2. The minimum Gasteiger partial charge on any atom is -0.508 e. The van der Waals surface area contributed by atoms with Crippen LogP contribution in [0.3, 0.4) is 0 Å². The Morgan fingerprint density at radius 3 is 1.74 bits per heavy atom. The molecule has 0 amide bonds. The first-order valence-electron chi connectivity index (χ1n) is 12.3. The fourth-order valence-corrected chi connectivity index (χ4v) is 6.40. The lowest BCUT2D eigenvalue weighted by Gasteiger charge is -2.51. The number of hydrogen-bond donors (Lipinski definition) is 9. The van der Waals surface area contributed by atoms with Gasteiger partial charge in [-0.2, -0.15) is 0 Å². The molecule has 0 aliphatic carbocycles. The topological polar surface area (TPSA) is 228 Å². The first kappa shape index (κ1) is 33.3. The van der Waals surface area contributed by atoms with Gasteiger partial charge in [0.2, 0.25) is 0 Å². The Balaban J connectivity index is 2.73. The van der Waals surface area contributed by atoms with Crippen molar-refractivity contribution in [3.8, 4) is 11.5 Å². The molecule has 0 aliphatic rings. The maximum absolute atomic E-state index is 12.3. The summed E-state index contributed by atoms with van der Waals surface area (Å²) in [5, 5.41) is 42.3. The van der Waals surface area contributed by atoms with Crippen LogP contribution in [0.1, 0.15) is 30.4 Å². The molecule has 15 heteroatoms. The van der Waals surface area contributed by atoms with E-state index in [-0.39, 0.29) is 48.7 Å². The number of nitrogens with zero attached hydrogens (tertiary/aromatic N) is 2. The normalized spacial score (nSPS) is 15.0. The third-order valence-corrected chi connectivity index (χ3v) is 8.08. The SMILES string of the molecule is NCCCCC(CO)(C(CO)N(Cc1ccccc1O)CP(=O)(O)O)N(Cc1ccccc1O)CP(=O)(O)O. The average Bonchev–Trinajstić information content (AvgIpc) is 2.84. The summed E-state index contributed by atoms with van der Waals surface area (Å²) >= 11 is 0. The summed E-state index contributed by atoms with van der Waals surface area (Å²) in [5.41, 5.74) is 4.55. The zero-order valence-electron chi connectivity index (χ0n) is 21.5. The summed E-state index contributed by atoms with van der Waals surface area (Å²) in [5.74, 6) is -0.326. The summed E-state index contributed by atoms with van der Waals surface area (Å²) < 4.78 is 24.5. The molecule has 10 N–H and O–H groups in total. The van der Waals surface area contributed by atoms with Gasteiger partial charge in [0, 0.05) is 24.2 Å². The average molecular weight is 592 g/mol. The predicted molar refractivity (Wildman–Crippen MR) is 145 cm³/mol. The summed E-state index contributed by atoms with van der Waals surface area (Å²) in [6.07, 6.45) is -0.949. The molecule has 0 aliphatic heterocycles. The van der Waals surface area contributed by atoms with Crippen LogP contribution in [-0.4, -0.2) is 93.7 Å². The zero-order valence-corrected chi connectivity index (χ0v) is 23.3. The van der Waals surface area contributed by atoms with Gasteiger partial charge in [0.1, 0.15) is 24.1 Å². The molecule has 0 saturated heterocycles. The predicted octanol–water partition coefficient (Wildman–Crippen LogP) is 0.893. The first-order valence-corrected chi connectivity index (χ1v) is 15.9. The molecule has 0 bridgehead atoms. The second kappa shape index (κ2) is 14.7. The maximum atomic E-state index is 12.3. The Hall–Kier alpha value is -1.86. The minimum atomic E-state index is -4.80. The first-order chi connectivity index (χ1) is 18.3. The summed E-state index contributed by atoms with van der Waals surface area (Å²) in [6.45, 7) is -1.79. The number of para-hydroxylation sites is 2. The second-order valence-electron chi connectivity index (χ2n) is 9.52. The van der Waals surface area contributed by atoms with E-state index in [9.17, 15) is 49.1 Å². The van der Waals surface area contributed by atoms with Gasteiger partial charge >= 0.3 is 15.2 Å². The van der Waals surface area contributed by atoms with E-state index in [1.165, 1.54) is 34.1 Å². The van der Waals surface area contributed by atoms with Crippen LogP contribution in [0.2, 0.25) is 0 Å². The van der Waals surface area contributed by atoms with Crippen LogP contribution in [0, 0.1) is 0 Å². The van der Waals surface area contributed by atoms with Crippen molar-refractivity contribution < 1.29 is 49.1 Å². The Bertz CT molecular complexity index is 1140. The monoisotopic (exact) mass is 591 g/mol. The van der Waals surface area contributed by atoms with E-state index < -0.39 is 52.6 Å². The summed E-state index contributed by atoms with van der Waals surface area (Å²) in [6, 6.07) is 10.9. The Labute approximate surface area is 227 Å². The number of unbranched alkanes of at least 4 members (excludes halogenated alkanes) is 1. The van der Waals surface area contributed by atoms with Gasteiger partial charge in [0.25, 0.3) is 0 Å². The third-order valence-electron chi connectivity index (χ3n) is 6.64. The van der Waals surface area contributed by atoms with Crippen LogP contribution in [0.4, 0.5) is 0 Å². The molecule has 2 aromatic rings. The second-order valence-corrected chi connectivity index (χ2v) is 12.7. The molecule has 0 aromatic heterocycles. The van der Waals surface area contributed by atoms with Gasteiger partial charge in [0.05, 0.1) is 24.8 Å². The van der Waals surface area contributed by atoms with Gasteiger partial charge in [-0.25, -0.2) is 0 Å². The van der Waals surface area contributed by atoms with Gasteiger partial charge in [-0.15, -0.1) is 0 Å². The van der Waals surface area contributed by atoms with E-state index in [1.54, 1.807) is 24.3 Å². The minimum absolute atomic E-state index is 0.0257. The number of aliphatic hydroxyl groups excluding tert-OH is 2. The molecule has 2 rings (SSSR count). The lowest BCUT2D eigenvalue weighted by Crippen LogP contribution is -2.65. The van der Waals surface area contributed by atoms with Crippen LogP contribution in [0.15, 0.2) is 48.5 Å². The van der Waals surface area contributed by atoms with Crippen molar-refractivity contribution in [2.24, 2.45) is 5.73 Å². The molecule has 0 spiro atoms. The summed E-state index contributed by atoms with van der Waals surface area (Å²) in [4.78, 5) is 42.2. The van der Waals surface area contributed by atoms with Crippen molar-refractivity contribution in [3.63, 3.8) is 0 Å². The van der Waals surface area contributed by atoms with Crippen LogP contribution in [0.5, 0.6) is 11.5 Å². The van der Waals surface area contributed by atoms with Crippen LogP contribution >= 0.6 is 15.2 Å². The highest BCUT2D eigenvalue weighted by Gasteiger charge is 2.48. The van der Waals surface area contributed by atoms with Crippen LogP contribution in [-0.2, 0) is 22.2 Å². The smallest absolute Gasteiger partial charge is 0.339 e. The lowest BCUT2D eigenvalue weighted by atomic mass is 9.82. The zero-order chi connectivity index (χ0) is 29.3. The van der Waals surface area contributed by atoms with Crippen LogP contribution < -0.4 is 5.73 Å². The molecular weight excluding hydrogens is 552 g/mol. The van der Waals surface area contributed by atoms with Crippen LogP contribution in [0.25, 0.3) is 0 Å². The number of phenols is 2. The molecule has 39 heavy (non-hydrogen) atoms. The molecule has 0 saturated carbocycles. The van der Waals surface area contributed by atoms with Crippen molar-refractivity contribution in [2.45, 2.75) is 43.9 Å². The number of hydrogen-bond acceptors (Lipinski definition) is 9. The van der Waals surface area contributed by atoms with E-state index in [2.05, 4.69) is 0 Å². The molecule has 0 heterocycles. The largest absolute Gasteiger partial charge is 0.508 e. The fraction of sp³-hybridized carbons (Fsp3) is 0.500. The molecular formula is C24H39N3O10P2. The van der Waals surface area contributed by atoms with E-state index in [0.717, 1.165) is 0 Å². The molecule has 0 fully saturated rings. The van der Waals surface area contributed by atoms with Crippen molar-refractivity contribution in [1.82, 2.24) is 9.80 Å². The summed E-state index contributed by atoms with van der Waals surface area (Å²) in [7, 11) is -9.58. The number of rotatable bonds is 17. The molecule has 2 atom stereocenters. The van der Waals surface area contributed by atoms with Gasteiger partial charge in [-0.1, -0.05) is 42.8 Å². The molecule has 2 unspecified atom stereocenters. The van der Waals surface area contributed by atoms with Crippen molar-refractivity contribution >= 4 is 15.2 Å². The maximum Gasteiger partial charge on any atom is 0.339 e. The van der Waals surface area contributed by atoms with Crippen molar-refractivity contribution in [3.05, 3.63) is 59.7 Å². The molecule has 2 aromatic carbocycles.